The van der Waals surface area contributed by atoms with Crippen LogP contribution in [0.5, 0.6) is 5.75 Å². The molecule has 0 radical (unpaired) electrons. The summed E-state index contributed by atoms with van der Waals surface area (Å²) >= 11 is 5.72. The van der Waals surface area contributed by atoms with E-state index in [0.717, 1.165) is 6.07 Å². The van der Waals surface area contributed by atoms with E-state index < -0.39 is 17.4 Å². The minimum absolute atomic E-state index is 0.0642. The van der Waals surface area contributed by atoms with Crippen LogP contribution >= 0.6 is 11.6 Å². The van der Waals surface area contributed by atoms with Crippen molar-refractivity contribution in [3.63, 3.8) is 0 Å². The van der Waals surface area contributed by atoms with E-state index in [4.69, 9.17) is 16.3 Å². The molecule has 0 aliphatic rings. The lowest BCUT2D eigenvalue weighted by molar-refractivity contribution is -0.385. The van der Waals surface area contributed by atoms with Gasteiger partial charge in [0, 0.05) is 28.9 Å². The Morgan fingerprint density at radius 2 is 2.00 bits per heavy atom. The number of nitro groups is 1. The monoisotopic (exact) mass is 377 g/mol. The molecule has 0 saturated carbocycles. The molecule has 9 heteroatoms. The second kappa shape index (κ2) is 8.82. The van der Waals surface area contributed by atoms with Crippen molar-refractivity contribution in [3.8, 4) is 5.75 Å². The van der Waals surface area contributed by atoms with Crippen LogP contribution in [0.3, 0.4) is 0 Å². The van der Waals surface area contributed by atoms with E-state index in [1.54, 1.807) is 25.1 Å². The molecule has 26 heavy (non-hydrogen) atoms. The molecule has 136 valence electrons. The second-order valence-electron chi connectivity index (χ2n) is 5.15. The first-order valence-corrected chi connectivity index (χ1v) is 8.03. The minimum Gasteiger partial charge on any atom is -0.477 e. The summed E-state index contributed by atoms with van der Waals surface area (Å²) < 4.78 is 5.21. The van der Waals surface area contributed by atoms with Gasteiger partial charge in [-0.3, -0.25) is 19.7 Å². The third-order valence-corrected chi connectivity index (χ3v) is 3.46. The molecule has 0 saturated heterocycles. The van der Waals surface area contributed by atoms with Gasteiger partial charge in [0.2, 0.25) is 0 Å². The number of benzene rings is 2. The second-order valence-corrected chi connectivity index (χ2v) is 5.58. The van der Waals surface area contributed by atoms with Crippen LogP contribution in [0.4, 0.5) is 11.4 Å². The summed E-state index contributed by atoms with van der Waals surface area (Å²) in [6.07, 6.45) is 0. The number of carbonyl (C=O) groups excluding carboxylic acids is 2. The van der Waals surface area contributed by atoms with Gasteiger partial charge in [0.15, 0.2) is 12.4 Å². The van der Waals surface area contributed by atoms with Crippen LogP contribution < -0.4 is 15.4 Å². The maximum absolute atomic E-state index is 12.0. The predicted octanol–water partition coefficient (Wildman–Crippen LogP) is 3.02. The predicted molar refractivity (Wildman–Crippen MR) is 96.7 cm³/mol. The summed E-state index contributed by atoms with van der Waals surface area (Å²) in [5.41, 5.74) is 0.482. The van der Waals surface area contributed by atoms with Crippen LogP contribution in [-0.2, 0) is 4.79 Å². The van der Waals surface area contributed by atoms with Crippen LogP contribution in [-0.4, -0.2) is 29.9 Å². The molecule has 0 aliphatic heterocycles. The molecule has 0 aliphatic carbocycles. The van der Waals surface area contributed by atoms with Crippen LogP contribution in [0.1, 0.15) is 17.3 Å². The number of carbonyl (C=O) groups is 2. The van der Waals surface area contributed by atoms with Gasteiger partial charge in [-0.15, -0.1) is 0 Å². The van der Waals surface area contributed by atoms with E-state index in [2.05, 4.69) is 10.6 Å². The lowest BCUT2D eigenvalue weighted by Gasteiger charge is -2.09. The summed E-state index contributed by atoms with van der Waals surface area (Å²) in [4.78, 5) is 34.2. The number of rotatable bonds is 7. The highest BCUT2D eigenvalue weighted by Crippen LogP contribution is 2.29. The summed E-state index contributed by atoms with van der Waals surface area (Å²) in [5, 5.41) is 16.4. The Kier molecular flexibility index (Phi) is 6.51. The molecule has 2 rings (SSSR count). The first-order chi connectivity index (χ1) is 12.4. The first-order valence-electron chi connectivity index (χ1n) is 7.65. The number of amides is 2. The lowest BCUT2D eigenvalue weighted by Crippen LogP contribution is -2.23. The van der Waals surface area contributed by atoms with Crippen molar-refractivity contribution in [1.82, 2.24) is 5.32 Å². The third-order valence-electron chi connectivity index (χ3n) is 3.22. The lowest BCUT2D eigenvalue weighted by atomic mass is 10.2. The maximum Gasteiger partial charge on any atom is 0.312 e. The van der Waals surface area contributed by atoms with Gasteiger partial charge in [-0.05, 0) is 37.3 Å². The molecule has 0 aromatic heterocycles. The number of hydrogen-bond acceptors (Lipinski definition) is 5. The fraction of sp³-hybridized carbons (Fsp3) is 0.176. The third kappa shape index (κ3) is 5.18. The zero-order valence-corrected chi connectivity index (χ0v) is 14.6. The summed E-state index contributed by atoms with van der Waals surface area (Å²) in [6.45, 7) is 1.85. The summed E-state index contributed by atoms with van der Waals surface area (Å²) in [7, 11) is 0. The summed E-state index contributed by atoms with van der Waals surface area (Å²) in [5.74, 6) is -0.843. The van der Waals surface area contributed by atoms with Crippen molar-refractivity contribution in [2.24, 2.45) is 0 Å². The Morgan fingerprint density at radius 3 is 2.69 bits per heavy atom. The average Bonchev–Trinajstić information content (AvgIpc) is 2.61. The molecule has 2 aromatic rings. The van der Waals surface area contributed by atoms with Gasteiger partial charge in [0.05, 0.1) is 4.92 Å². The van der Waals surface area contributed by atoms with Crippen molar-refractivity contribution in [2.75, 3.05) is 18.5 Å². The highest BCUT2D eigenvalue weighted by Gasteiger charge is 2.17. The molecule has 0 atom stereocenters. The van der Waals surface area contributed by atoms with Crippen LogP contribution in [0.2, 0.25) is 5.02 Å². The topological polar surface area (TPSA) is 111 Å². The number of hydrogen-bond donors (Lipinski definition) is 2. The smallest absolute Gasteiger partial charge is 0.312 e. The molecule has 2 aromatic carbocycles. The number of anilines is 1. The van der Waals surface area contributed by atoms with Gasteiger partial charge in [-0.1, -0.05) is 17.7 Å². The van der Waals surface area contributed by atoms with Gasteiger partial charge >= 0.3 is 5.69 Å². The highest BCUT2D eigenvalue weighted by atomic mass is 35.5. The molecule has 8 nitrogen and oxygen atoms in total. The fourth-order valence-electron chi connectivity index (χ4n) is 2.10. The molecule has 0 bridgehead atoms. The SMILES string of the molecule is CCNC(=O)c1cccc(NC(=O)COc2ccc(Cl)cc2[N+](=O)[O-])c1. The van der Waals surface area contributed by atoms with Gasteiger partial charge in [-0.2, -0.15) is 0 Å². The van der Waals surface area contributed by atoms with Crippen molar-refractivity contribution >= 4 is 34.8 Å². The van der Waals surface area contributed by atoms with Crippen molar-refractivity contribution in [3.05, 3.63) is 63.2 Å². The van der Waals surface area contributed by atoms with Crippen molar-refractivity contribution < 1.29 is 19.2 Å². The van der Waals surface area contributed by atoms with E-state index in [9.17, 15) is 19.7 Å². The van der Waals surface area contributed by atoms with E-state index in [1.807, 2.05) is 0 Å². The number of halogens is 1. The quantitative estimate of drug-likeness (QED) is 0.569. The first kappa shape index (κ1) is 19.2. The Balaban J connectivity index is 2.01. The molecule has 2 amide bonds. The Hall–Kier alpha value is -3.13. The van der Waals surface area contributed by atoms with E-state index in [0.29, 0.717) is 17.8 Å². The average molecular weight is 378 g/mol. The number of nitro benzene ring substituents is 1. The summed E-state index contributed by atoms with van der Waals surface area (Å²) in [6, 6.07) is 10.3. The number of nitrogens with zero attached hydrogens (tertiary/aromatic N) is 1. The van der Waals surface area contributed by atoms with Crippen molar-refractivity contribution in [2.45, 2.75) is 6.92 Å². The maximum atomic E-state index is 12.0. The van der Waals surface area contributed by atoms with E-state index in [-0.39, 0.29) is 22.4 Å². The molecule has 0 unspecified atom stereocenters. The van der Waals surface area contributed by atoms with Gasteiger partial charge in [-0.25, -0.2) is 0 Å². The zero-order valence-electron chi connectivity index (χ0n) is 13.8. The molecule has 0 fully saturated rings. The minimum atomic E-state index is -0.644. The molecule has 0 heterocycles. The van der Waals surface area contributed by atoms with E-state index >= 15 is 0 Å². The standard InChI is InChI=1S/C17H16ClN3O5/c1-2-19-17(23)11-4-3-5-13(8-11)20-16(22)10-26-15-7-6-12(18)9-14(15)21(24)25/h3-9H,2,10H2,1H3,(H,19,23)(H,20,22). The molecular weight excluding hydrogens is 362 g/mol. The number of nitrogens with one attached hydrogen (secondary N) is 2. The van der Waals surface area contributed by atoms with Crippen LogP contribution in [0, 0.1) is 10.1 Å². The van der Waals surface area contributed by atoms with E-state index in [1.165, 1.54) is 18.2 Å². The normalized spacial score (nSPS) is 10.1. The molecular formula is C17H16ClN3O5. The number of ether oxygens (including phenoxy) is 1. The van der Waals surface area contributed by atoms with Crippen molar-refractivity contribution in [1.29, 1.82) is 0 Å². The van der Waals surface area contributed by atoms with Crippen LogP contribution in [0.15, 0.2) is 42.5 Å². The van der Waals surface area contributed by atoms with Crippen LogP contribution in [0.25, 0.3) is 0 Å². The fourth-order valence-corrected chi connectivity index (χ4v) is 2.26. The van der Waals surface area contributed by atoms with Gasteiger partial charge < -0.3 is 15.4 Å². The molecule has 0 spiro atoms. The largest absolute Gasteiger partial charge is 0.477 e. The highest BCUT2D eigenvalue weighted by molar-refractivity contribution is 6.30. The van der Waals surface area contributed by atoms with Gasteiger partial charge in [0.1, 0.15) is 0 Å². The van der Waals surface area contributed by atoms with Gasteiger partial charge in [0.25, 0.3) is 11.8 Å². The molecule has 2 N–H and O–H groups in total. The Bertz CT molecular complexity index is 841. The Morgan fingerprint density at radius 1 is 1.23 bits per heavy atom. The zero-order chi connectivity index (χ0) is 19.1. The Labute approximate surface area is 154 Å².